The van der Waals surface area contributed by atoms with Crippen LogP contribution in [0.4, 0.5) is 11.4 Å². The Hall–Kier alpha value is -2.07. The SMILES string of the molecule is Nc1ccc2c(c1)/C(=C/c1cccs1)C(=O)N2. The van der Waals surface area contributed by atoms with Crippen molar-refractivity contribution in [3.8, 4) is 0 Å². The summed E-state index contributed by atoms with van der Waals surface area (Å²) in [6.07, 6.45) is 1.89. The second-order valence-corrected chi connectivity index (χ2v) is 4.81. The van der Waals surface area contributed by atoms with Crippen LogP contribution in [0, 0.1) is 0 Å². The quantitative estimate of drug-likeness (QED) is 0.596. The maximum Gasteiger partial charge on any atom is 0.256 e. The first-order valence-corrected chi connectivity index (χ1v) is 6.08. The van der Waals surface area contributed by atoms with Crippen LogP contribution in [0.15, 0.2) is 35.7 Å². The highest BCUT2D eigenvalue weighted by molar-refractivity contribution is 7.11. The van der Waals surface area contributed by atoms with Crippen LogP contribution < -0.4 is 11.1 Å². The molecule has 0 spiro atoms. The smallest absolute Gasteiger partial charge is 0.256 e. The van der Waals surface area contributed by atoms with Gasteiger partial charge < -0.3 is 11.1 Å². The van der Waals surface area contributed by atoms with E-state index in [1.54, 1.807) is 17.4 Å². The van der Waals surface area contributed by atoms with E-state index in [1.165, 1.54) is 0 Å². The fraction of sp³-hybridized carbons (Fsp3) is 0. The van der Waals surface area contributed by atoms with Gasteiger partial charge in [-0.05, 0) is 35.7 Å². The molecule has 0 bridgehead atoms. The Morgan fingerprint density at radius 2 is 2.18 bits per heavy atom. The number of carbonyl (C=O) groups is 1. The number of rotatable bonds is 1. The third-order valence-corrected chi connectivity index (χ3v) is 3.48. The number of fused-ring (bicyclic) bond motifs is 1. The van der Waals surface area contributed by atoms with Gasteiger partial charge in [-0.1, -0.05) is 6.07 Å². The van der Waals surface area contributed by atoms with E-state index in [4.69, 9.17) is 5.73 Å². The zero-order valence-electron chi connectivity index (χ0n) is 8.94. The predicted octanol–water partition coefficient (Wildman–Crippen LogP) is 2.82. The first-order valence-electron chi connectivity index (χ1n) is 5.20. The van der Waals surface area contributed by atoms with Crippen molar-refractivity contribution < 1.29 is 4.79 Å². The van der Waals surface area contributed by atoms with Gasteiger partial charge in [0.2, 0.25) is 0 Å². The predicted molar refractivity (Wildman–Crippen MR) is 71.7 cm³/mol. The van der Waals surface area contributed by atoms with Gasteiger partial charge in [0.15, 0.2) is 0 Å². The zero-order valence-corrected chi connectivity index (χ0v) is 9.75. The number of amides is 1. The Labute approximate surface area is 103 Å². The maximum absolute atomic E-state index is 11.9. The number of hydrogen-bond acceptors (Lipinski definition) is 3. The number of anilines is 2. The largest absolute Gasteiger partial charge is 0.399 e. The van der Waals surface area contributed by atoms with E-state index >= 15 is 0 Å². The molecule has 0 saturated heterocycles. The van der Waals surface area contributed by atoms with E-state index in [1.807, 2.05) is 35.7 Å². The maximum atomic E-state index is 11.9. The molecule has 0 unspecified atom stereocenters. The lowest BCUT2D eigenvalue weighted by atomic mass is 10.1. The van der Waals surface area contributed by atoms with E-state index in [-0.39, 0.29) is 5.91 Å². The van der Waals surface area contributed by atoms with Gasteiger partial charge in [0, 0.05) is 21.8 Å². The van der Waals surface area contributed by atoms with Crippen LogP contribution in [0.3, 0.4) is 0 Å². The summed E-state index contributed by atoms with van der Waals surface area (Å²) < 4.78 is 0. The van der Waals surface area contributed by atoms with Gasteiger partial charge in [0.1, 0.15) is 0 Å². The van der Waals surface area contributed by atoms with Crippen molar-refractivity contribution in [3.05, 3.63) is 46.2 Å². The van der Waals surface area contributed by atoms with Crippen LogP contribution >= 0.6 is 11.3 Å². The van der Waals surface area contributed by atoms with E-state index in [2.05, 4.69) is 5.32 Å². The van der Waals surface area contributed by atoms with Crippen LogP contribution in [0.2, 0.25) is 0 Å². The minimum atomic E-state index is -0.0704. The van der Waals surface area contributed by atoms with Crippen molar-refractivity contribution in [1.82, 2.24) is 0 Å². The molecule has 3 rings (SSSR count). The molecule has 0 saturated carbocycles. The van der Waals surface area contributed by atoms with Gasteiger partial charge in [-0.25, -0.2) is 0 Å². The van der Waals surface area contributed by atoms with Crippen LogP contribution in [0.25, 0.3) is 11.6 Å². The third-order valence-electron chi connectivity index (χ3n) is 2.66. The molecule has 3 N–H and O–H groups in total. The molecule has 0 aliphatic carbocycles. The van der Waals surface area contributed by atoms with Crippen LogP contribution in [-0.4, -0.2) is 5.91 Å². The number of benzene rings is 1. The molecule has 0 atom stereocenters. The summed E-state index contributed by atoms with van der Waals surface area (Å²) in [6.45, 7) is 0. The van der Waals surface area contributed by atoms with Gasteiger partial charge in [-0.15, -0.1) is 11.3 Å². The molecule has 1 aromatic carbocycles. The Kier molecular flexibility index (Phi) is 2.23. The summed E-state index contributed by atoms with van der Waals surface area (Å²) in [5, 5.41) is 4.81. The lowest BCUT2D eigenvalue weighted by Crippen LogP contribution is -2.03. The van der Waals surface area contributed by atoms with Crippen molar-refractivity contribution in [3.63, 3.8) is 0 Å². The molecule has 0 radical (unpaired) electrons. The highest BCUT2D eigenvalue weighted by Gasteiger charge is 2.23. The summed E-state index contributed by atoms with van der Waals surface area (Å²) >= 11 is 1.60. The molecule has 1 amide bonds. The summed E-state index contributed by atoms with van der Waals surface area (Å²) in [5.74, 6) is -0.0704. The Morgan fingerprint density at radius 3 is 2.94 bits per heavy atom. The Balaban J connectivity index is 2.13. The average molecular weight is 242 g/mol. The van der Waals surface area contributed by atoms with Crippen LogP contribution in [-0.2, 0) is 4.79 Å². The molecule has 3 nitrogen and oxygen atoms in total. The molecule has 1 aromatic heterocycles. The molecule has 84 valence electrons. The van der Waals surface area contributed by atoms with Gasteiger partial charge in [-0.3, -0.25) is 4.79 Å². The number of nitrogens with two attached hydrogens (primary N) is 1. The molecule has 4 heteroatoms. The Bertz CT molecular complexity index is 614. The van der Waals surface area contributed by atoms with Crippen LogP contribution in [0.1, 0.15) is 10.4 Å². The van der Waals surface area contributed by atoms with Gasteiger partial charge in [-0.2, -0.15) is 0 Å². The summed E-state index contributed by atoms with van der Waals surface area (Å²) in [7, 11) is 0. The molecule has 2 heterocycles. The molecule has 0 fully saturated rings. The second kappa shape index (κ2) is 3.75. The topological polar surface area (TPSA) is 55.1 Å². The number of hydrogen-bond donors (Lipinski definition) is 2. The summed E-state index contributed by atoms with van der Waals surface area (Å²) in [4.78, 5) is 12.9. The average Bonchev–Trinajstić information content (AvgIpc) is 2.90. The first-order chi connectivity index (χ1) is 8.24. The van der Waals surface area contributed by atoms with Crippen molar-refractivity contribution in [2.75, 3.05) is 11.1 Å². The van der Waals surface area contributed by atoms with Gasteiger partial charge in [0.25, 0.3) is 5.91 Å². The summed E-state index contributed by atoms with van der Waals surface area (Å²) in [5.41, 5.74) is 8.79. The van der Waals surface area contributed by atoms with Crippen molar-refractivity contribution in [2.24, 2.45) is 0 Å². The fourth-order valence-corrected chi connectivity index (χ4v) is 2.52. The first kappa shape index (κ1) is 10.1. The molecule has 1 aliphatic heterocycles. The lowest BCUT2D eigenvalue weighted by Gasteiger charge is -1.99. The standard InChI is InChI=1S/C13H10N2OS/c14-8-3-4-12-10(6-8)11(13(16)15-12)7-9-2-1-5-17-9/h1-7H,14H2,(H,15,16)/b11-7-. The van der Waals surface area contributed by atoms with Crippen molar-refractivity contribution in [1.29, 1.82) is 0 Å². The molecule has 1 aliphatic rings. The number of thiophene rings is 1. The Morgan fingerprint density at radius 1 is 1.29 bits per heavy atom. The van der Waals surface area contributed by atoms with Crippen molar-refractivity contribution >= 4 is 40.3 Å². The normalized spacial score (nSPS) is 16.0. The molecular formula is C13H10N2OS. The van der Waals surface area contributed by atoms with E-state index in [0.717, 1.165) is 16.1 Å². The molecule has 17 heavy (non-hydrogen) atoms. The van der Waals surface area contributed by atoms with Crippen molar-refractivity contribution in [2.45, 2.75) is 0 Å². The highest BCUT2D eigenvalue weighted by Crippen LogP contribution is 2.34. The molecule has 2 aromatic rings. The van der Waals surface area contributed by atoms with E-state index in [9.17, 15) is 4.79 Å². The number of nitrogen functional groups attached to an aromatic ring is 1. The van der Waals surface area contributed by atoms with Crippen LogP contribution in [0.5, 0.6) is 0 Å². The third kappa shape index (κ3) is 1.72. The highest BCUT2D eigenvalue weighted by atomic mass is 32.1. The van der Waals surface area contributed by atoms with E-state index < -0.39 is 0 Å². The fourth-order valence-electron chi connectivity index (χ4n) is 1.86. The summed E-state index contributed by atoms with van der Waals surface area (Å²) in [6, 6.07) is 9.39. The minimum Gasteiger partial charge on any atom is -0.399 e. The minimum absolute atomic E-state index is 0.0704. The number of nitrogens with one attached hydrogen (secondary N) is 1. The monoisotopic (exact) mass is 242 g/mol. The second-order valence-electron chi connectivity index (χ2n) is 3.83. The number of carbonyl (C=O) groups excluding carboxylic acids is 1. The molecular weight excluding hydrogens is 232 g/mol. The van der Waals surface area contributed by atoms with Gasteiger partial charge in [0.05, 0.1) is 5.57 Å². The van der Waals surface area contributed by atoms with E-state index in [0.29, 0.717) is 11.3 Å². The van der Waals surface area contributed by atoms with Gasteiger partial charge >= 0.3 is 0 Å². The lowest BCUT2D eigenvalue weighted by molar-refractivity contribution is -0.110. The zero-order chi connectivity index (χ0) is 11.8.